The van der Waals surface area contributed by atoms with Crippen molar-refractivity contribution in [1.29, 1.82) is 0 Å². The number of aryl methyl sites for hydroxylation is 2. The number of benzene rings is 3. The minimum absolute atomic E-state index is 0.000319. The summed E-state index contributed by atoms with van der Waals surface area (Å²) in [5, 5.41) is 3.15. The molecule has 4 heteroatoms. The largest absolute Gasteiger partial charge is 0.381 e. The van der Waals surface area contributed by atoms with Crippen molar-refractivity contribution >= 4 is 17.7 Å². The molecule has 1 saturated heterocycles. The van der Waals surface area contributed by atoms with E-state index in [-0.39, 0.29) is 5.91 Å². The summed E-state index contributed by atoms with van der Waals surface area (Å²) >= 11 is 0. The van der Waals surface area contributed by atoms with Gasteiger partial charge in [0.1, 0.15) is 6.54 Å². The van der Waals surface area contributed by atoms with Gasteiger partial charge >= 0.3 is 0 Å². The molecular weight excluding hydrogens is 480 g/mol. The molecule has 1 fully saturated rings. The van der Waals surface area contributed by atoms with Crippen LogP contribution in [0.5, 0.6) is 0 Å². The number of carbonyl (C=O) groups excluding carboxylic acids is 1. The van der Waals surface area contributed by atoms with E-state index in [4.69, 9.17) is 4.74 Å². The molecule has 206 valence electrons. The van der Waals surface area contributed by atoms with Crippen LogP contribution in [0.1, 0.15) is 61.8 Å². The number of carbonyl (C=O) groups is 1. The number of quaternary nitrogens is 1. The maximum absolute atomic E-state index is 13.2. The Hall–Kier alpha value is -3.21. The van der Waals surface area contributed by atoms with E-state index >= 15 is 0 Å². The van der Waals surface area contributed by atoms with Crippen molar-refractivity contribution in [3.05, 3.63) is 94.6 Å². The fraction of sp³-hybridized carbons (Fsp3) is 0.400. The normalized spacial score (nSPS) is 15.8. The molecule has 0 unspecified atom stereocenters. The summed E-state index contributed by atoms with van der Waals surface area (Å²) < 4.78 is 6.51. The van der Waals surface area contributed by atoms with Crippen LogP contribution in [0.15, 0.2) is 72.3 Å². The predicted octanol–water partition coefficient (Wildman–Crippen LogP) is 7.80. The summed E-state index contributed by atoms with van der Waals surface area (Å²) in [6.07, 6.45) is 7.09. The summed E-state index contributed by atoms with van der Waals surface area (Å²) in [5.74, 6) is -0.000319. The average Bonchev–Trinajstić information content (AvgIpc) is 3.18. The maximum atomic E-state index is 13.2. The molecule has 4 nitrogen and oxygen atoms in total. The zero-order valence-corrected chi connectivity index (χ0v) is 24.4. The second-order valence-electron chi connectivity index (χ2n) is 11.2. The molecular formula is C35H45N2O2+. The van der Waals surface area contributed by atoms with E-state index in [0.29, 0.717) is 6.04 Å². The van der Waals surface area contributed by atoms with Crippen molar-refractivity contribution in [2.75, 3.05) is 32.6 Å². The highest BCUT2D eigenvalue weighted by Crippen LogP contribution is 2.29. The molecule has 1 amide bonds. The molecule has 1 N–H and O–H groups in total. The van der Waals surface area contributed by atoms with Gasteiger partial charge in [-0.05, 0) is 72.7 Å². The SMILES string of the molecule is CC.Cc1ccc(-c2ccc3c(c2)C=C(C(=O)Nc2ccc(C[N+](C)(C)C4CCOCC4)cc2)CCC3)cc1. The average molecular weight is 526 g/mol. The number of fused-ring (bicyclic) bond motifs is 1. The van der Waals surface area contributed by atoms with Gasteiger partial charge in [0.25, 0.3) is 5.91 Å². The highest BCUT2D eigenvalue weighted by molar-refractivity contribution is 6.07. The topological polar surface area (TPSA) is 38.3 Å². The third-order valence-electron chi connectivity index (χ3n) is 8.03. The fourth-order valence-electron chi connectivity index (χ4n) is 5.68. The Balaban J connectivity index is 0.00000172. The van der Waals surface area contributed by atoms with E-state index in [9.17, 15) is 4.79 Å². The van der Waals surface area contributed by atoms with Gasteiger partial charge < -0.3 is 14.5 Å². The standard InChI is InChI=1S/C33H38N2O2.C2H6/c1-24-7-11-27(12-8-24)28-14-13-26-5-4-6-29(22-30(26)21-28)33(36)34-31-15-9-25(10-16-31)23-35(2,3)32-17-19-37-20-18-32;1-2/h7-16,21-22,32H,4-6,17-20,23H2,1-3H3;1-2H3/p+1. The van der Waals surface area contributed by atoms with Crippen molar-refractivity contribution in [2.45, 2.75) is 65.5 Å². The number of ether oxygens (including phenoxy) is 1. The highest BCUT2D eigenvalue weighted by atomic mass is 16.5. The predicted molar refractivity (Wildman–Crippen MR) is 164 cm³/mol. The number of nitrogens with zero attached hydrogens (tertiary/aromatic N) is 1. The molecule has 0 saturated carbocycles. The second kappa shape index (κ2) is 13.2. The zero-order chi connectivity index (χ0) is 27.8. The Morgan fingerprint density at radius 3 is 2.26 bits per heavy atom. The van der Waals surface area contributed by atoms with Crippen molar-refractivity contribution in [2.24, 2.45) is 0 Å². The molecule has 3 aromatic carbocycles. The van der Waals surface area contributed by atoms with Gasteiger partial charge in [-0.3, -0.25) is 4.79 Å². The number of amides is 1. The molecule has 1 aliphatic heterocycles. The summed E-state index contributed by atoms with van der Waals surface area (Å²) in [4.78, 5) is 13.2. The molecule has 0 bridgehead atoms. The molecule has 0 aromatic heterocycles. The van der Waals surface area contributed by atoms with Crippen molar-refractivity contribution in [3.8, 4) is 11.1 Å². The Bertz CT molecular complexity index is 1270. The first-order valence-corrected chi connectivity index (χ1v) is 14.6. The first-order valence-electron chi connectivity index (χ1n) is 14.6. The van der Waals surface area contributed by atoms with Gasteiger partial charge in [0.15, 0.2) is 0 Å². The van der Waals surface area contributed by atoms with E-state index in [1.165, 1.54) is 27.8 Å². The number of hydrogen-bond acceptors (Lipinski definition) is 2. The van der Waals surface area contributed by atoms with Gasteiger partial charge in [-0.15, -0.1) is 0 Å². The number of nitrogens with one attached hydrogen (secondary N) is 1. The molecule has 39 heavy (non-hydrogen) atoms. The molecule has 1 aliphatic carbocycles. The van der Waals surface area contributed by atoms with Crippen molar-refractivity contribution in [3.63, 3.8) is 0 Å². The lowest BCUT2D eigenvalue weighted by molar-refractivity contribution is -0.929. The molecule has 1 heterocycles. The Morgan fingerprint density at radius 1 is 0.897 bits per heavy atom. The summed E-state index contributed by atoms with van der Waals surface area (Å²) in [6.45, 7) is 8.81. The summed E-state index contributed by atoms with van der Waals surface area (Å²) in [5.41, 5.74) is 9.11. The zero-order valence-electron chi connectivity index (χ0n) is 24.4. The lowest BCUT2D eigenvalue weighted by Crippen LogP contribution is -2.50. The van der Waals surface area contributed by atoms with Gasteiger partial charge in [0.2, 0.25) is 0 Å². The first-order chi connectivity index (χ1) is 18.9. The third kappa shape index (κ3) is 7.46. The fourth-order valence-corrected chi connectivity index (χ4v) is 5.68. The molecule has 0 radical (unpaired) electrons. The third-order valence-corrected chi connectivity index (χ3v) is 8.03. The van der Waals surface area contributed by atoms with Crippen LogP contribution in [0.3, 0.4) is 0 Å². The summed E-state index contributed by atoms with van der Waals surface area (Å²) in [7, 11) is 4.62. The van der Waals surface area contributed by atoms with Crippen LogP contribution >= 0.6 is 0 Å². The summed E-state index contributed by atoms with van der Waals surface area (Å²) in [6, 6.07) is 24.3. The van der Waals surface area contributed by atoms with Crippen LogP contribution in [0.2, 0.25) is 0 Å². The lowest BCUT2D eigenvalue weighted by Gasteiger charge is -2.40. The number of hydrogen-bond donors (Lipinski definition) is 1. The molecule has 3 aromatic rings. The quantitative estimate of drug-likeness (QED) is 0.333. The van der Waals surface area contributed by atoms with E-state index in [1.807, 2.05) is 26.0 Å². The number of rotatable bonds is 6. The minimum atomic E-state index is -0.000319. The van der Waals surface area contributed by atoms with Crippen LogP contribution in [-0.4, -0.2) is 43.7 Å². The lowest BCUT2D eigenvalue weighted by atomic mass is 9.97. The Kier molecular flexibility index (Phi) is 9.77. The molecule has 2 aliphatic rings. The van der Waals surface area contributed by atoms with E-state index in [0.717, 1.165) is 73.2 Å². The van der Waals surface area contributed by atoms with Crippen LogP contribution in [0, 0.1) is 6.92 Å². The van der Waals surface area contributed by atoms with Crippen molar-refractivity contribution in [1.82, 2.24) is 0 Å². The van der Waals surface area contributed by atoms with Crippen molar-refractivity contribution < 1.29 is 14.0 Å². The van der Waals surface area contributed by atoms with Gasteiger partial charge in [0, 0.05) is 29.7 Å². The monoisotopic (exact) mass is 525 g/mol. The van der Waals surface area contributed by atoms with Crippen LogP contribution in [-0.2, 0) is 22.5 Å². The molecule has 0 spiro atoms. The molecule has 0 atom stereocenters. The first kappa shape index (κ1) is 28.8. The molecule has 5 rings (SSSR count). The van der Waals surface area contributed by atoms with Gasteiger partial charge in [0.05, 0.1) is 33.4 Å². The van der Waals surface area contributed by atoms with Gasteiger partial charge in [-0.25, -0.2) is 0 Å². The Labute approximate surface area is 235 Å². The van der Waals surface area contributed by atoms with Crippen LogP contribution in [0.25, 0.3) is 17.2 Å². The maximum Gasteiger partial charge on any atom is 0.251 e. The van der Waals surface area contributed by atoms with E-state index < -0.39 is 0 Å². The van der Waals surface area contributed by atoms with Gasteiger partial charge in [-0.2, -0.15) is 0 Å². The smallest absolute Gasteiger partial charge is 0.251 e. The number of anilines is 1. The van der Waals surface area contributed by atoms with E-state index in [1.54, 1.807) is 0 Å². The Morgan fingerprint density at radius 2 is 1.56 bits per heavy atom. The minimum Gasteiger partial charge on any atom is -0.381 e. The second-order valence-corrected chi connectivity index (χ2v) is 11.2. The van der Waals surface area contributed by atoms with E-state index in [2.05, 4.69) is 87.0 Å². The van der Waals surface area contributed by atoms with Crippen LogP contribution in [0.4, 0.5) is 5.69 Å². The highest BCUT2D eigenvalue weighted by Gasteiger charge is 2.30. The van der Waals surface area contributed by atoms with Crippen LogP contribution < -0.4 is 5.32 Å². The van der Waals surface area contributed by atoms with Gasteiger partial charge in [-0.1, -0.05) is 67.9 Å².